The largest absolute Gasteiger partial charge is 0.493 e. The van der Waals surface area contributed by atoms with Gasteiger partial charge in [0.05, 0.1) is 6.61 Å². The van der Waals surface area contributed by atoms with Gasteiger partial charge in [-0.1, -0.05) is 26.0 Å². The zero-order valence-electron chi connectivity index (χ0n) is 20.3. The van der Waals surface area contributed by atoms with Crippen LogP contribution in [0, 0.1) is 5.92 Å². The first kappa shape index (κ1) is 26.4. The summed E-state index contributed by atoms with van der Waals surface area (Å²) in [6.45, 7) is 3.88. The number of carbonyl (C=O) groups excluding carboxylic acids is 2. The second-order valence-corrected chi connectivity index (χ2v) is 9.62. The summed E-state index contributed by atoms with van der Waals surface area (Å²) < 4.78 is 43.4. The molecule has 2 aliphatic rings. The van der Waals surface area contributed by atoms with Crippen molar-refractivity contribution in [3.63, 3.8) is 0 Å². The van der Waals surface area contributed by atoms with Gasteiger partial charge in [0.2, 0.25) is 0 Å². The quantitative estimate of drug-likeness (QED) is 0.371. The molecule has 0 unspecified atom stereocenters. The van der Waals surface area contributed by atoms with Crippen LogP contribution in [-0.4, -0.2) is 43.1 Å². The summed E-state index contributed by atoms with van der Waals surface area (Å²) in [5, 5.41) is 0. The SMILES string of the molecule is CC[C@@H](F)C(=O)OC1CCC(COc2ccc(C3CCC(OC(=O)[C@H](F)CC)CC3)cc2)CC1. The van der Waals surface area contributed by atoms with Crippen LogP contribution in [0.25, 0.3) is 0 Å². The van der Waals surface area contributed by atoms with Gasteiger partial charge in [0, 0.05) is 0 Å². The topological polar surface area (TPSA) is 61.8 Å². The summed E-state index contributed by atoms with van der Waals surface area (Å²) in [4.78, 5) is 23.3. The van der Waals surface area contributed by atoms with Crippen molar-refractivity contribution in [2.75, 3.05) is 6.61 Å². The summed E-state index contributed by atoms with van der Waals surface area (Å²) in [5.74, 6) is 0.174. The minimum atomic E-state index is -1.52. The molecule has 2 atom stereocenters. The third-order valence-corrected chi connectivity index (χ3v) is 7.10. The van der Waals surface area contributed by atoms with Crippen molar-refractivity contribution in [3.8, 4) is 5.75 Å². The summed E-state index contributed by atoms with van der Waals surface area (Å²) >= 11 is 0. The monoisotopic (exact) mass is 480 g/mol. The second kappa shape index (κ2) is 13.1. The molecule has 0 bridgehead atoms. The van der Waals surface area contributed by atoms with E-state index in [9.17, 15) is 18.4 Å². The number of alkyl halides is 2. The zero-order chi connectivity index (χ0) is 24.5. The Labute approximate surface area is 201 Å². The molecule has 1 aromatic carbocycles. The lowest BCUT2D eigenvalue weighted by Crippen LogP contribution is -2.30. The Balaban J connectivity index is 1.36. The van der Waals surface area contributed by atoms with E-state index in [1.54, 1.807) is 13.8 Å². The molecule has 0 heterocycles. The molecule has 7 heteroatoms. The van der Waals surface area contributed by atoms with Crippen molar-refractivity contribution in [3.05, 3.63) is 29.8 Å². The molecule has 190 valence electrons. The van der Waals surface area contributed by atoms with E-state index < -0.39 is 24.3 Å². The Morgan fingerprint density at radius 1 is 0.794 bits per heavy atom. The lowest BCUT2D eigenvalue weighted by molar-refractivity contribution is -0.157. The summed E-state index contributed by atoms with van der Waals surface area (Å²) in [5.41, 5.74) is 1.25. The Morgan fingerprint density at radius 2 is 1.26 bits per heavy atom. The third kappa shape index (κ3) is 7.67. The van der Waals surface area contributed by atoms with Crippen molar-refractivity contribution in [1.82, 2.24) is 0 Å². The van der Waals surface area contributed by atoms with Crippen molar-refractivity contribution < 1.29 is 32.6 Å². The van der Waals surface area contributed by atoms with Crippen molar-refractivity contribution >= 4 is 11.9 Å². The fraction of sp³-hybridized carbons (Fsp3) is 0.704. The summed E-state index contributed by atoms with van der Waals surface area (Å²) in [6, 6.07) is 8.18. The van der Waals surface area contributed by atoms with E-state index in [-0.39, 0.29) is 25.0 Å². The first-order valence-corrected chi connectivity index (χ1v) is 12.8. The molecule has 0 radical (unpaired) electrons. The first-order valence-electron chi connectivity index (χ1n) is 12.8. The number of halogens is 2. The Bertz CT molecular complexity index is 768. The van der Waals surface area contributed by atoms with E-state index in [1.165, 1.54) is 5.56 Å². The highest BCUT2D eigenvalue weighted by Gasteiger charge is 2.28. The lowest BCUT2D eigenvalue weighted by Gasteiger charge is -2.29. The molecule has 34 heavy (non-hydrogen) atoms. The molecule has 2 fully saturated rings. The highest BCUT2D eigenvalue weighted by atomic mass is 19.1. The van der Waals surface area contributed by atoms with Crippen LogP contribution >= 0.6 is 0 Å². The van der Waals surface area contributed by atoms with E-state index in [0.717, 1.165) is 57.1 Å². The van der Waals surface area contributed by atoms with E-state index >= 15 is 0 Å². The van der Waals surface area contributed by atoms with Crippen LogP contribution in [0.5, 0.6) is 5.75 Å². The van der Waals surface area contributed by atoms with Crippen LogP contribution in [0.4, 0.5) is 8.78 Å². The molecule has 5 nitrogen and oxygen atoms in total. The van der Waals surface area contributed by atoms with Gasteiger partial charge >= 0.3 is 11.9 Å². The van der Waals surface area contributed by atoms with Crippen LogP contribution in [0.15, 0.2) is 24.3 Å². The van der Waals surface area contributed by atoms with Gasteiger partial charge in [-0.3, -0.25) is 0 Å². The number of carbonyl (C=O) groups is 2. The van der Waals surface area contributed by atoms with Crippen molar-refractivity contribution in [2.45, 2.75) is 109 Å². The van der Waals surface area contributed by atoms with Gasteiger partial charge in [-0.25, -0.2) is 18.4 Å². The number of rotatable bonds is 10. The van der Waals surface area contributed by atoms with Crippen LogP contribution in [-0.2, 0) is 19.1 Å². The number of hydrogen-bond acceptors (Lipinski definition) is 5. The maximum atomic E-state index is 13.4. The number of esters is 2. The number of benzene rings is 1. The molecule has 0 saturated heterocycles. The molecule has 3 rings (SSSR count). The molecule has 2 aliphatic carbocycles. The Hall–Kier alpha value is -2.18. The average molecular weight is 481 g/mol. The first-order chi connectivity index (χ1) is 16.4. The predicted octanol–water partition coefficient (Wildman–Crippen LogP) is 6.23. The summed E-state index contributed by atoms with van der Waals surface area (Å²) in [7, 11) is 0. The van der Waals surface area contributed by atoms with E-state index in [0.29, 0.717) is 18.4 Å². The molecule has 0 amide bonds. The Morgan fingerprint density at radius 3 is 1.74 bits per heavy atom. The van der Waals surface area contributed by atoms with Gasteiger partial charge in [0.15, 0.2) is 12.3 Å². The average Bonchev–Trinajstić information content (AvgIpc) is 2.88. The smallest absolute Gasteiger partial charge is 0.340 e. The van der Waals surface area contributed by atoms with Crippen LogP contribution in [0.1, 0.15) is 89.5 Å². The molecular weight excluding hydrogens is 442 g/mol. The fourth-order valence-corrected chi connectivity index (χ4v) is 4.79. The normalized spacial score (nSPS) is 26.8. The maximum Gasteiger partial charge on any atom is 0.340 e. The lowest BCUT2D eigenvalue weighted by atomic mass is 9.82. The van der Waals surface area contributed by atoms with Gasteiger partial charge < -0.3 is 14.2 Å². The minimum absolute atomic E-state index is 0.150. The maximum absolute atomic E-state index is 13.4. The molecule has 1 aromatic rings. The Kier molecular flexibility index (Phi) is 10.1. The van der Waals surface area contributed by atoms with Crippen LogP contribution in [0.2, 0.25) is 0 Å². The van der Waals surface area contributed by atoms with E-state index in [4.69, 9.17) is 14.2 Å². The van der Waals surface area contributed by atoms with Crippen molar-refractivity contribution in [2.24, 2.45) is 5.92 Å². The van der Waals surface area contributed by atoms with Gasteiger partial charge in [0.1, 0.15) is 18.0 Å². The fourth-order valence-electron chi connectivity index (χ4n) is 4.79. The molecule has 0 aromatic heterocycles. The molecule has 2 saturated carbocycles. The standard InChI is InChI=1S/C27H38F2O5/c1-3-24(28)26(30)33-22-11-5-18(6-12-22)17-32-21-13-7-19(8-14-21)20-9-15-23(16-10-20)34-27(31)25(29)4-2/h7-8,13-14,18,20,22-25H,3-6,9-12,15-17H2,1-2H3/t18?,20?,22?,23?,24-,25-/m1/s1. The predicted molar refractivity (Wildman–Crippen MR) is 125 cm³/mol. The second-order valence-electron chi connectivity index (χ2n) is 9.62. The minimum Gasteiger partial charge on any atom is -0.493 e. The van der Waals surface area contributed by atoms with E-state index in [1.807, 2.05) is 12.1 Å². The van der Waals surface area contributed by atoms with Gasteiger partial charge in [-0.2, -0.15) is 0 Å². The summed E-state index contributed by atoms with van der Waals surface area (Å²) in [6.07, 6.45) is 3.53. The van der Waals surface area contributed by atoms with Crippen molar-refractivity contribution in [1.29, 1.82) is 0 Å². The number of ether oxygens (including phenoxy) is 3. The molecular formula is C27H38F2O5. The highest BCUT2D eigenvalue weighted by molar-refractivity contribution is 5.75. The molecule has 0 N–H and O–H groups in total. The molecule has 0 aliphatic heterocycles. The van der Waals surface area contributed by atoms with Crippen LogP contribution < -0.4 is 4.74 Å². The highest BCUT2D eigenvalue weighted by Crippen LogP contribution is 2.35. The molecule has 0 spiro atoms. The van der Waals surface area contributed by atoms with Crippen LogP contribution in [0.3, 0.4) is 0 Å². The van der Waals surface area contributed by atoms with Gasteiger partial charge in [0.25, 0.3) is 0 Å². The van der Waals surface area contributed by atoms with Gasteiger partial charge in [-0.15, -0.1) is 0 Å². The van der Waals surface area contributed by atoms with E-state index in [2.05, 4.69) is 12.1 Å². The third-order valence-electron chi connectivity index (χ3n) is 7.10. The number of hydrogen-bond donors (Lipinski definition) is 0. The van der Waals surface area contributed by atoms with Gasteiger partial charge in [-0.05, 0) is 93.7 Å². The zero-order valence-corrected chi connectivity index (χ0v) is 20.3.